The van der Waals surface area contributed by atoms with Crippen LogP contribution in [0.5, 0.6) is 0 Å². The van der Waals surface area contributed by atoms with Gasteiger partial charge in [-0.1, -0.05) is 329 Å². The fourth-order valence-electron chi connectivity index (χ4n) is 10.7. The molecule has 2 atom stereocenters. The minimum atomic E-state index is -1.51. The lowest BCUT2D eigenvalue weighted by molar-refractivity contribution is -0.870. The predicted octanol–water partition coefficient (Wildman–Crippen LogP) is 24.1. The van der Waals surface area contributed by atoms with Crippen molar-refractivity contribution in [2.45, 2.75) is 347 Å². The SMILES string of the molecule is CC/C=C\C/C=C\C/C=C\C/C=C\C/C=C\C/C=C\CCCCCCCCCCCCCCCCCCCCCCC(=O)OC(COC(=O)CCCCCCCCCCCCCC/C=C\C/C=C\C/C=C\CCCCCCC)COC(OCC[N+](C)(C)C)C(=O)O. The van der Waals surface area contributed by atoms with E-state index in [1.807, 2.05) is 21.1 Å². The monoisotopic (exact) mass is 1270 g/mol. The van der Waals surface area contributed by atoms with Crippen molar-refractivity contribution in [3.8, 4) is 0 Å². The molecule has 0 aliphatic carbocycles. The van der Waals surface area contributed by atoms with Crippen LogP contribution in [0, 0.1) is 0 Å². The molecule has 0 spiro atoms. The van der Waals surface area contributed by atoms with Crippen LogP contribution in [0.4, 0.5) is 0 Å². The Bertz CT molecular complexity index is 1870. The first kappa shape index (κ1) is 87.0. The van der Waals surface area contributed by atoms with Crippen LogP contribution in [0.3, 0.4) is 0 Å². The normalized spacial score (nSPS) is 13.3. The van der Waals surface area contributed by atoms with E-state index in [0.717, 1.165) is 89.9 Å². The summed E-state index contributed by atoms with van der Waals surface area (Å²) in [6.45, 7) is 4.78. The second kappa shape index (κ2) is 71.8. The number of allylic oxidation sites excluding steroid dienone is 18. The van der Waals surface area contributed by atoms with Crippen molar-refractivity contribution in [1.82, 2.24) is 0 Å². The van der Waals surface area contributed by atoms with Crippen LogP contribution in [0.15, 0.2) is 109 Å². The molecule has 2 unspecified atom stereocenters. The molecule has 0 aromatic carbocycles. The molecule has 0 fully saturated rings. The number of carbonyl (C=O) groups excluding carboxylic acids is 2. The Morgan fingerprint density at radius 3 is 0.934 bits per heavy atom. The van der Waals surface area contributed by atoms with Gasteiger partial charge in [0, 0.05) is 12.8 Å². The van der Waals surface area contributed by atoms with Gasteiger partial charge in [0.2, 0.25) is 0 Å². The van der Waals surface area contributed by atoms with Crippen molar-refractivity contribution in [2.75, 3.05) is 47.5 Å². The summed E-state index contributed by atoms with van der Waals surface area (Å²) in [5.41, 5.74) is 0. The van der Waals surface area contributed by atoms with E-state index in [1.165, 1.54) is 218 Å². The number of nitrogens with zero attached hydrogens (tertiary/aromatic N) is 1. The van der Waals surface area contributed by atoms with E-state index in [9.17, 15) is 19.5 Å². The van der Waals surface area contributed by atoms with Crippen molar-refractivity contribution in [3.63, 3.8) is 0 Å². The van der Waals surface area contributed by atoms with Gasteiger partial charge in [-0.15, -0.1) is 0 Å². The summed E-state index contributed by atoms with van der Waals surface area (Å²) < 4.78 is 23.0. The maximum Gasteiger partial charge on any atom is 0.361 e. The second-order valence-electron chi connectivity index (χ2n) is 26.6. The molecule has 524 valence electrons. The van der Waals surface area contributed by atoms with Gasteiger partial charge in [0.1, 0.15) is 13.2 Å². The zero-order chi connectivity index (χ0) is 66.1. The maximum absolute atomic E-state index is 13.0. The molecule has 1 N–H and O–H groups in total. The molecule has 91 heavy (non-hydrogen) atoms. The highest BCUT2D eigenvalue weighted by Gasteiger charge is 2.25. The third-order valence-electron chi connectivity index (χ3n) is 16.5. The van der Waals surface area contributed by atoms with Gasteiger partial charge in [0.25, 0.3) is 6.29 Å². The second-order valence-corrected chi connectivity index (χ2v) is 26.6. The molecule has 0 saturated heterocycles. The number of quaternary nitrogens is 1. The van der Waals surface area contributed by atoms with Crippen LogP contribution >= 0.6 is 0 Å². The van der Waals surface area contributed by atoms with E-state index in [4.69, 9.17) is 18.9 Å². The molecule has 0 aliphatic rings. The molecule has 0 aromatic rings. The third kappa shape index (κ3) is 73.2. The topological polar surface area (TPSA) is 108 Å². The van der Waals surface area contributed by atoms with Crippen LogP contribution in [0.2, 0.25) is 0 Å². The highest BCUT2D eigenvalue weighted by Crippen LogP contribution is 2.18. The highest BCUT2D eigenvalue weighted by molar-refractivity contribution is 5.71. The van der Waals surface area contributed by atoms with E-state index < -0.39 is 24.3 Å². The fourth-order valence-corrected chi connectivity index (χ4v) is 10.7. The average molecular weight is 1270 g/mol. The summed E-state index contributed by atoms with van der Waals surface area (Å²) >= 11 is 0. The van der Waals surface area contributed by atoms with Crippen molar-refractivity contribution >= 4 is 17.9 Å². The van der Waals surface area contributed by atoms with Crippen LogP contribution in [0.1, 0.15) is 335 Å². The first-order chi connectivity index (χ1) is 44.6. The number of hydrogen-bond acceptors (Lipinski definition) is 7. The highest BCUT2D eigenvalue weighted by atomic mass is 16.7. The Labute approximate surface area is 562 Å². The summed E-state index contributed by atoms with van der Waals surface area (Å²) in [6.07, 6.45) is 97.9. The zero-order valence-corrected chi connectivity index (χ0v) is 60.0. The van der Waals surface area contributed by atoms with E-state index in [0.29, 0.717) is 17.4 Å². The van der Waals surface area contributed by atoms with Crippen LogP contribution in [-0.4, -0.2) is 87.4 Å². The van der Waals surface area contributed by atoms with Gasteiger partial charge in [0.15, 0.2) is 6.10 Å². The lowest BCUT2D eigenvalue weighted by Gasteiger charge is -2.25. The van der Waals surface area contributed by atoms with Crippen LogP contribution in [-0.2, 0) is 33.3 Å². The number of aliphatic carboxylic acids is 1. The molecule has 0 rings (SSSR count). The molecule has 0 aromatic heterocycles. The largest absolute Gasteiger partial charge is 0.477 e. The number of carbonyl (C=O) groups is 3. The first-order valence-corrected chi connectivity index (χ1v) is 38.1. The predicted molar refractivity (Wildman–Crippen MR) is 392 cm³/mol. The Balaban J connectivity index is 4.04. The summed E-state index contributed by atoms with van der Waals surface area (Å²) in [5, 5.41) is 9.76. The van der Waals surface area contributed by atoms with Gasteiger partial charge < -0.3 is 28.5 Å². The molecule has 0 radical (unpaired) electrons. The smallest absolute Gasteiger partial charge is 0.361 e. The number of unbranched alkanes of at least 4 members (excludes halogenated alkanes) is 37. The van der Waals surface area contributed by atoms with Crippen molar-refractivity contribution in [2.24, 2.45) is 0 Å². The zero-order valence-electron chi connectivity index (χ0n) is 60.0. The van der Waals surface area contributed by atoms with Gasteiger partial charge in [-0.3, -0.25) is 9.59 Å². The molecular weight excluding hydrogens is 1130 g/mol. The number of rotatable bonds is 70. The number of likely N-dealkylation sites (N-methyl/N-ethyl adjacent to an activating group) is 1. The van der Waals surface area contributed by atoms with E-state index in [2.05, 4.69) is 123 Å². The van der Waals surface area contributed by atoms with Gasteiger partial charge in [-0.25, -0.2) is 4.79 Å². The molecule has 0 saturated carbocycles. The first-order valence-electron chi connectivity index (χ1n) is 38.1. The van der Waals surface area contributed by atoms with Crippen molar-refractivity contribution < 1.29 is 42.9 Å². The molecule has 0 bridgehead atoms. The molecule has 9 nitrogen and oxygen atoms in total. The maximum atomic E-state index is 13.0. The minimum absolute atomic E-state index is 0.184. The van der Waals surface area contributed by atoms with Gasteiger partial charge in [-0.2, -0.15) is 0 Å². The number of hydrogen-bond donors (Lipinski definition) is 1. The Morgan fingerprint density at radius 1 is 0.341 bits per heavy atom. The van der Waals surface area contributed by atoms with Crippen molar-refractivity contribution in [3.05, 3.63) is 109 Å². The average Bonchev–Trinajstić information content (AvgIpc) is 3.46. The number of carboxylic acids is 1. The van der Waals surface area contributed by atoms with Crippen LogP contribution < -0.4 is 0 Å². The van der Waals surface area contributed by atoms with E-state index in [1.54, 1.807) is 0 Å². The molecule has 0 amide bonds. The minimum Gasteiger partial charge on any atom is -0.477 e. The Kier molecular flexibility index (Phi) is 68.6. The number of esters is 2. The molecular formula is C82H144NO8+. The van der Waals surface area contributed by atoms with Crippen molar-refractivity contribution in [1.29, 1.82) is 0 Å². The van der Waals surface area contributed by atoms with Crippen LogP contribution in [0.25, 0.3) is 0 Å². The molecule has 0 aliphatic heterocycles. The Morgan fingerprint density at radius 2 is 0.626 bits per heavy atom. The third-order valence-corrected chi connectivity index (χ3v) is 16.5. The van der Waals surface area contributed by atoms with Gasteiger partial charge in [0.05, 0.1) is 34.4 Å². The lowest BCUT2D eigenvalue weighted by atomic mass is 10.0. The van der Waals surface area contributed by atoms with E-state index in [-0.39, 0.29) is 32.2 Å². The van der Waals surface area contributed by atoms with Gasteiger partial charge in [-0.05, 0) is 103 Å². The molecule has 9 heteroatoms. The number of carboxylic acid groups (broad SMARTS) is 1. The number of ether oxygens (including phenoxy) is 4. The van der Waals surface area contributed by atoms with Gasteiger partial charge >= 0.3 is 17.9 Å². The lowest BCUT2D eigenvalue weighted by Crippen LogP contribution is -2.40. The standard InChI is InChI=1S/C82H143NO8/c1-6-8-10-12-14-16-18-20-22-24-26-28-30-32-34-35-36-37-38-39-40-41-42-43-44-45-47-49-51-53-55-57-59-61-63-65-67-69-71-73-80(85)91-78(77-90-82(81(86)87)88-75-74-83(3,4)5)76-89-79(84)72-70-68-66-64-62-60-58-56-54-52-50-48-46-33-31-29-27-25-23-21-19-17-15-13-11-9-7-2/h8,10,14,16,19-22,25-28,31-34,36-37,78,82H,6-7,9,11-13,15,17-18,23-24,29-30,35,38-77H2,1-5H3/p+1/b10-8-,16-14-,21-19-,22-20-,27-25-,28-26-,33-31-,34-32-,37-36-. The summed E-state index contributed by atoms with van der Waals surface area (Å²) in [7, 11) is 5.98. The summed E-state index contributed by atoms with van der Waals surface area (Å²) in [6, 6.07) is 0. The summed E-state index contributed by atoms with van der Waals surface area (Å²) in [5.74, 6) is -1.99. The fraction of sp³-hybridized carbons (Fsp3) is 0.744. The van der Waals surface area contributed by atoms with E-state index >= 15 is 0 Å². The summed E-state index contributed by atoms with van der Waals surface area (Å²) in [4.78, 5) is 37.7. The Hall–Kier alpha value is -4.05. The molecule has 0 heterocycles. The quantitative estimate of drug-likeness (QED) is 0.0211.